The minimum absolute atomic E-state index is 0.00489. The summed E-state index contributed by atoms with van der Waals surface area (Å²) in [5.74, 6) is 0.756. The Morgan fingerprint density at radius 3 is 2.33 bits per heavy atom. The molecule has 0 radical (unpaired) electrons. The average molecular weight is 296 g/mol. The smallest absolute Gasteiger partial charge is 0.0817 e. The summed E-state index contributed by atoms with van der Waals surface area (Å²) in [5, 5.41) is 0. The van der Waals surface area contributed by atoms with E-state index in [9.17, 15) is 0 Å². The number of hydrogen-bond acceptors (Lipinski definition) is 3. The van der Waals surface area contributed by atoms with Crippen LogP contribution in [0.1, 0.15) is 60.3 Å². The molecule has 2 aliphatic rings. The zero-order valence-electron chi connectivity index (χ0n) is 15.1. The van der Waals surface area contributed by atoms with Crippen molar-refractivity contribution < 1.29 is 4.74 Å². The molecule has 1 heterocycles. The number of likely N-dealkylation sites (N-methyl/N-ethyl adjacent to an activating group) is 1. The van der Waals surface area contributed by atoms with Crippen LogP contribution in [-0.4, -0.2) is 60.3 Å². The van der Waals surface area contributed by atoms with Gasteiger partial charge in [0.05, 0.1) is 11.2 Å². The first-order chi connectivity index (χ1) is 9.75. The topological polar surface area (TPSA) is 15.7 Å². The summed E-state index contributed by atoms with van der Waals surface area (Å²) in [6.07, 6.45) is 5.02. The van der Waals surface area contributed by atoms with Gasteiger partial charge >= 0.3 is 0 Å². The molecule has 0 unspecified atom stereocenters. The summed E-state index contributed by atoms with van der Waals surface area (Å²) < 4.78 is 6.58. The molecule has 0 aromatic heterocycles. The fourth-order valence-corrected chi connectivity index (χ4v) is 4.43. The summed E-state index contributed by atoms with van der Waals surface area (Å²) in [6.45, 7) is 16.0. The molecule has 124 valence electrons. The molecule has 1 saturated heterocycles. The summed E-state index contributed by atoms with van der Waals surface area (Å²) in [6, 6.07) is 0.752. The average Bonchev–Trinajstić information content (AvgIpc) is 2.36. The predicted octanol–water partition coefficient (Wildman–Crippen LogP) is 3.39. The van der Waals surface area contributed by atoms with Crippen LogP contribution in [0, 0.1) is 5.92 Å². The maximum absolute atomic E-state index is 6.58. The lowest BCUT2D eigenvalue weighted by Gasteiger charge is -2.53. The fourth-order valence-electron chi connectivity index (χ4n) is 4.43. The molecule has 2 rings (SSSR count). The van der Waals surface area contributed by atoms with Gasteiger partial charge in [-0.2, -0.15) is 0 Å². The lowest BCUT2D eigenvalue weighted by molar-refractivity contribution is -0.211. The van der Waals surface area contributed by atoms with E-state index in [-0.39, 0.29) is 11.2 Å². The van der Waals surface area contributed by atoms with Crippen molar-refractivity contribution in [3.63, 3.8) is 0 Å². The minimum atomic E-state index is 0.00489. The molecule has 1 aliphatic heterocycles. The largest absolute Gasteiger partial charge is 0.366 e. The van der Waals surface area contributed by atoms with Crippen LogP contribution in [0.3, 0.4) is 0 Å². The Balaban J connectivity index is 1.95. The molecule has 0 aromatic rings. The van der Waals surface area contributed by atoms with Crippen LogP contribution in [-0.2, 0) is 4.74 Å². The van der Waals surface area contributed by atoms with Gasteiger partial charge in [-0.05, 0) is 59.0 Å². The van der Waals surface area contributed by atoms with E-state index in [0.717, 1.165) is 31.6 Å². The van der Waals surface area contributed by atoms with E-state index in [1.165, 1.54) is 32.2 Å². The lowest BCUT2D eigenvalue weighted by atomic mass is 9.79. The Morgan fingerprint density at radius 1 is 1.19 bits per heavy atom. The van der Waals surface area contributed by atoms with Gasteiger partial charge in [-0.3, -0.25) is 4.90 Å². The van der Waals surface area contributed by atoms with Crippen molar-refractivity contribution in [1.29, 1.82) is 0 Å². The third kappa shape index (κ3) is 4.43. The standard InChI is InChI=1S/C18H36N2O/c1-7-20-13-17(4,5)21-18(14-20)10-8-16(9-11-18)19(6)12-15(2)3/h15-16H,7-14H2,1-6H3/t16-,18-. The van der Waals surface area contributed by atoms with E-state index in [2.05, 4.69) is 51.5 Å². The summed E-state index contributed by atoms with van der Waals surface area (Å²) in [5.41, 5.74) is 0.123. The van der Waals surface area contributed by atoms with Crippen LogP contribution >= 0.6 is 0 Å². The van der Waals surface area contributed by atoms with Crippen LogP contribution in [0.15, 0.2) is 0 Å². The van der Waals surface area contributed by atoms with Crippen LogP contribution in [0.4, 0.5) is 0 Å². The molecule has 2 fully saturated rings. The van der Waals surface area contributed by atoms with E-state index < -0.39 is 0 Å². The Kier molecular flexibility index (Phi) is 5.38. The second-order valence-corrected chi connectivity index (χ2v) is 8.41. The van der Waals surface area contributed by atoms with E-state index in [4.69, 9.17) is 4.74 Å². The van der Waals surface area contributed by atoms with Crippen molar-refractivity contribution in [2.45, 2.75) is 77.5 Å². The first kappa shape index (κ1) is 17.2. The van der Waals surface area contributed by atoms with Crippen LogP contribution in [0.5, 0.6) is 0 Å². The highest BCUT2D eigenvalue weighted by Gasteiger charge is 2.46. The van der Waals surface area contributed by atoms with E-state index in [1.807, 2.05) is 0 Å². The molecule has 1 saturated carbocycles. The molecular formula is C18H36N2O. The number of hydrogen-bond donors (Lipinski definition) is 0. The molecule has 3 heteroatoms. The van der Waals surface area contributed by atoms with Gasteiger partial charge in [-0.25, -0.2) is 0 Å². The minimum Gasteiger partial charge on any atom is -0.366 e. The molecule has 0 amide bonds. The van der Waals surface area contributed by atoms with Gasteiger partial charge < -0.3 is 9.64 Å². The zero-order chi connectivity index (χ0) is 15.7. The normalized spacial score (nSPS) is 34.0. The maximum atomic E-state index is 6.58. The summed E-state index contributed by atoms with van der Waals surface area (Å²) in [7, 11) is 2.30. The van der Waals surface area contributed by atoms with Gasteiger partial charge in [0.15, 0.2) is 0 Å². The Bertz CT molecular complexity index is 332. The molecule has 0 N–H and O–H groups in total. The number of nitrogens with zero attached hydrogens (tertiary/aromatic N) is 2. The lowest BCUT2D eigenvalue weighted by Crippen LogP contribution is -2.61. The highest BCUT2D eigenvalue weighted by atomic mass is 16.5. The molecule has 1 aliphatic carbocycles. The fraction of sp³-hybridized carbons (Fsp3) is 1.00. The highest BCUT2D eigenvalue weighted by molar-refractivity contribution is 4.98. The third-order valence-corrected chi connectivity index (χ3v) is 5.20. The van der Waals surface area contributed by atoms with Gasteiger partial charge in [0.2, 0.25) is 0 Å². The van der Waals surface area contributed by atoms with Crippen molar-refractivity contribution in [3.8, 4) is 0 Å². The molecule has 0 aromatic carbocycles. The van der Waals surface area contributed by atoms with Crippen LogP contribution < -0.4 is 0 Å². The summed E-state index contributed by atoms with van der Waals surface area (Å²) >= 11 is 0. The van der Waals surface area contributed by atoms with Crippen LogP contribution in [0.2, 0.25) is 0 Å². The second-order valence-electron chi connectivity index (χ2n) is 8.41. The highest BCUT2D eigenvalue weighted by Crippen LogP contribution is 2.40. The monoisotopic (exact) mass is 296 g/mol. The van der Waals surface area contributed by atoms with Gasteiger partial charge in [0.25, 0.3) is 0 Å². The van der Waals surface area contributed by atoms with Crippen molar-refractivity contribution in [2.24, 2.45) is 5.92 Å². The van der Waals surface area contributed by atoms with Gasteiger partial charge in [-0.15, -0.1) is 0 Å². The number of ether oxygens (including phenoxy) is 1. The Hall–Kier alpha value is -0.120. The number of morpholine rings is 1. The van der Waals surface area contributed by atoms with Crippen molar-refractivity contribution in [1.82, 2.24) is 9.80 Å². The molecular weight excluding hydrogens is 260 g/mol. The first-order valence-electron chi connectivity index (χ1n) is 8.88. The molecule has 1 spiro atoms. The van der Waals surface area contributed by atoms with Gasteiger partial charge in [-0.1, -0.05) is 20.8 Å². The maximum Gasteiger partial charge on any atom is 0.0817 e. The summed E-state index contributed by atoms with van der Waals surface area (Å²) in [4.78, 5) is 5.16. The Morgan fingerprint density at radius 2 is 1.81 bits per heavy atom. The predicted molar refractivity (Wildman–Crippen MR) is 89.7 cm³/mol. The van der Waals surface area contributed by atoms with Crippen molar-refractivity contribution >= 4 is 0 Å². The van der Waals surface area contributed by atoms with Gasteiger partial charge in [0, 0.05) is 25.7 Å². The second kappa shape index (κ2) is 6.55. The van der Waals surface area contributed by atoms with Crippen LogP contribution in [0.25, 0.3) is 0 Å². The van der Waals surface area contributed by atoms with E-state index >= 15 is 0 Å². The first-order valence-corrected chi connectivity index (χ1v) is 8.88. The Labute approximate surface area is 132 Å². The molecule has 21 heavy (non-hydrogen) atoms. The SMILES string of the molecule is CCN1CC(C)(C)O[C@]2(CC[C@H](N(C)CC(C)C)CC2)C1. The quantitative estimate of drug-likeness (QED) is 0.791. The molecule has 0 atom stereocenters. The van der Waals surface area contributed by atoms with E-state index in [0.29, 0.717) is 0 Å². The number of rotatable bonds is 4. The molecule has 0 bridgehead atoms. The molecule has 3 nitrogen and oxygen atoms in total. The zero-order valence-corrected chi connectivity index (χ0v) is 15.1. The third-order valence-electron chi connectivity index (χ3n) is 5.20. The van der Waals surface area contributed by atoms with Crippen molar-refractivity contribution in [3.05, 3.63) is 0 Å². The van der Waals surface area contributed by atoms with E-state index in [1.54, 1.807) is 0 Å². The van der Waals surface area contributed by atoms with Gasteiger partial charge in [0.1, 0.15) is 0 Å². The van der Waals surface area contributed by atoms with Crippen molar-refractivity contribution in [2.75, 3.05) is 33.2 Å².